The van der Waals surface area contributed by atoms with Crippen LogP contribution >= 0.6 is 39.3 Å². The van der Waals surface area contributed by atoms with Gasteiger partial charge in [-0.2, -0.15) is 0 Å². The largest absolute Gasteiger partial charge is 0.324 e. The second kappa shape index (κ2) is 9.64. The molecule has 0 aliphatic carbocycles. The zero-order valence-electron chi connectivity index (χ0n) is 16.4. The van der Waals surface area contributed by atoms with Crippen LogP contribution in [0.15, 0.2) is 76.6 Å². The van der Waals surface area contributed by atoms with Crippen molar-refractivity contribution in [3.05, 3.63) is 82.0 Å². The maximum absolute atomic E-state index is 12.5. The minimum absolute atomic E-state index is 0.159. The van der Waals surface area contributed by atoms with E-state index in [2.05, 4.69) is 42.5 Å². The molecule has 4 rings (SSSR count). The number of halogens is 2. The summed E-state index contributed by atoms with van der Waals surface area (Å²) in [5, 5.41) is 12.7. The number of aromatic nitrogens is 4. The van der Waals surface area contributed by atoms with E-state index >= 15 is 0 Å². The summed E-state index contributed by atoms with van der Waals surface area (Å²) in [6.45, 7) is 2.03. The highest BCUT2D eigenvalue weighted by Gasteiger charge is 2.18. The highest BCUT2D eigenvalue weighted by molar-refractivity contribution is 9.10. The molecule has 9 heteroatoms. The van der Waals surface area contributed by atoms with E-state index in [1.807, 2.05) is 47.9 Å². The molecule has 0 atom stereocenters. The van der Waals surface area contributed by atoms with Gasteiger partial charge in [0.05, 0.1) is 16.5 Å². The van der Waals surface area contributed by atoms with Crippen molar-refractivity contribution >= 4 is 50.9 Å². The minimum Gasteiger partial charge on any atom is -0.324 e. The third-order valence-corrected chi connectivity index (χ3v) is 6.10. The van der Waals surface area contributed by atoms with Crippen molar-refractivity contribution in [3.63, 3.8) is 0 Å². The molecule has 0 aliphatic rings. The monoisotopic (exact) mass is 513 g/mol. The molecule has 0 bridgehead atoms. The molecule has 2 aromatic heterocycles. The van der Waals surface area contributed by atoms with Gasteiger partial charge in [-0.15, -0.1) is 10.2 Å². The van der Waals surface area contributed by atoms with E-state index in [4.69, 9.17) is 11.6 Å². The molecule has 31 heavy (non-hydrogen) atoms. The minimum atomic E-state index is -0.182. The van der Waals surface area contributed by atoms with Crippen LogP contribution in [0, 0.1) is 6.92 Å². The fourth-order valence-corrected chi connectivity index (χ4v) is 4.43. The summed E-state index contributed by atoms with van der Waals surface area (Å²) in [5.74, 6) is 0.664. The summed E-state index contributed by atoms with van der Waals surface area (Å²) in [4.78, 5) is 16.6. The molecular weight excluding hydrogens is 498 g/mol. The quantitative estimate of drug-likeness (QED) is 0.330. The molecule has 1 amide bonds. The molecule has 0 saturated carbocycles. The first-order valence-corrected chi connectivity index (χ1v) is 11.5. The number of hydrogen-bond donors (Lipinski definition) is 1. The molecule has 0 spiro atoms. The number of benzene rings is 2. The lowest BCUT2D eigenvalue weighted by Gasteiger charge is -2.11. The predicted molar refractivity (Wildman–Crippen MR) is 128 cm³/mol. The van der Waals surface area contributed by atoms with Crippen molar-refractivity contribution in [1.82, 2.24) is 19.7 Å². The number of anilines is 1. The normalized spacial score (nSPS) is 10.8. The second-order valence-electron chi connectivity index (χ2n) is 6.68. The van der Waals surface area contributed by atoms with Gasteiger partial charge in [-0.05, 0) is 55.0 Å². The van der Waals surface area contributed by atoms with E-state index in [0.717, 1.165) is 21.3 Å². The number of rotatable bonds is 6. The first kappa shape index (κ1) is 21.5. The third kappa shape index (κ3) is 5.15. The summed E-state index contributed by atoms with van der Waals surface area (Å²) in [5.41, 5.74) is 3.50. The maximum atomic E-state index is 12.5. The SMILES string of the molecule is Cc1cccc(-n2c(SCC(=O)Nc3ccc(Br)cc3Cl)nnc2-c2ccncc2)c1. The van der Waals surface area contributed by atoms with E-state index in [-0.39, 0.29) is 11.7 Å². The number of carbonyl (C=O) groups is 1. The van der Waals surface area contributed by atoms with Gasteiger partial charge in [-0.3, -0.25) is 14.3 Å². The Hall–Kier alpha value is -2.68. The number of aryl methyl sites for hydroxylation is 1. The number of nitrogens with one attached hydrogen (secondary N) is 1. The van der Waals surface area contributed by atoms with E-state index < -0.39 is 0 Å². The molecule has 0 radical (unpaired) electrons. The molecule has 156 valence electrons. The standard InChI is InChI=1S/C22H17BrClN5OS/c1-14-3-2-4-17(11-14)29-21(15-7-9-25-10-8-15)27-28-22(29)31-13-20(30)26-19-6-5-16(23)12-18(19)24/h2-12H,13H2,1H3,(H,26,30). The van der Waals surface area contributed by atoms with Gasteiger partial charge in [0.25, 0.3) is 0 Å². The van der Waals surface area contributed by atoms with Crippen LogP contribution in [0.5, 0.6) is 0 Å². The number of carbonyl (C=O) groups excluding carboxylic acids is 1. The lowest BCUT2D eigenvalue weighted by molar-refractivity contribution is -0.113. The summed E-state index contributed by atoms with van der Waals surface area (Å²) in [6, 6.07) is 17.1. The van der Waals surface area contributed by atoms with Crippen LogP contribution in [-0.4, -0.2) is 31.4 Å². The number of pyridine rings is 1. The summed E-state index contributed by atoms with van der Waals surface area (Å²) in [7, 11) is 0. The van der Waals surface area contributed by atoms with Crippen molar-refractivity contribution in [3.8, 4) is 17.1 Å². The Kier molecular flexibility index (Phi) is 6.70. The van der Waals surface area contributed by atoms with Crippen molar-refractivity contribution in [2.75, 3.05) is 11.1 Å². The Balaban J connectivity index is 1.59. The average Bonchev–Trinajstić information content (AvgIpc) is 3.19. The molecule has 1 N–H and O–H groups in total. The molecule has 0 unspecified atom stereocenters. The first-order chi connectivity index (χ1) is 15.0. The molecule has 2 heterocycles. The Bertz CT molecular complexity index is 1230. The molecule has 4 aromatic rings. The van der Waals surface area contributed by atoms with E-state index in [0.29, 0.717) is 21.7 Å². The van der Waals surface area contributed by atoms with Crippen LogP contribution in [0.4, 0.5) is 5.69 Å². The fraction of sp³-hybridized carbons (Fsp3) is 0.0909. The Morgan fingerprint density at radius 2 is 1.94 bits per heavy atom. The summed E-state index contributed by atoms with van der Waals surface area (Å²) >= 11 is 10.9. The Labute approximate surface area is 197 Å². The van der Waals surface area contributed by atoms with E-state index in [1.165, 1.54) is 11.8 Å². The summed E-state index contributed by atoms with van der Waals surface area (Å²) < 4.78 is 2.80. The van der Waals surface area contributed by atoms with Crippen LogP contribution in [0.1, 0.15) is 5.56 Å². The second-order valence-corrected chi connectivity index (χ2v) is 8.94. The highest BCUT2D eigenvalue weighted by Crippen LogP contribution is 2.29. The fourth-order valence-electron chi connectivity index (χ4n) is 2.96. The van der Waals surface area contributed by atoms with Crippen molar-refractivity contribution in [1.29, 1.82) is 0 Å². The van der Waals surface area contributed by atoms with Gasteiger partial charge in [0.1, 0.15) is 0 Å². The molecule has 0 saturated heterocycles. The lowest BCUT2D eigenvalue weighted by atomic mass is 10.2. The van der Waals surface area contributed by atoms with Gasteiger partial charge in [0, 0.05) is 28.1 Å². The van der Waals surface area contributed by atoms with Crippen molar-refractivity contribution < 1.29 is 4.79 Å². The predicted octanol–water partition coefficient (Wildman–Crippen LogP) is 5.78. The zero-order chi connectivity index (χ0) is 21.8. The van der Waals surface area contributed by atoms with Crippen LogP contribution in [-0.2, 0) is 4.79 Å². The van der Waals surface area contributed by atoms with Crippen LogP contribution in [0.25, 0.3) is 17.1 Å². The Morgan fingerprint density at radius 1 is 1.13 bits per heavy atom. The zero-order valence-corrected chi connectivity index (χ0v) is 19.6. The molecule has 6 nitrogen and oxygen atoms in total. The first-order valence-electron chi connectivity index (χ1n) is 9.32. The van der Waals surface area contributed by atoms with Gasteiger partial charge in [0.2, 0.25) is 5.91 Å². The number of hydrogen-bond acceptors (Lipinski definition) is 5. The molecular formula is C22H17BrClN5OS. The average molecular weight is 515 g/mol. The highest BCUT2D eigenvalue weighted by atomic mass is 79.9. The third-order valence-electron chi connectivity index (χ3n) is 4.37. The van der Waals surface area contributed by atoms with Gasteiger partial charge in [-0.1, -0.05) is 51.4 Å². The number of thioether (sulfide) groups is 1. The van der Waals surface area contributed by atoms with E-state index in [1.54, 1.807) is 24.5 Å². The lowest BCUT2D eigenvalue weighted by Crippen LogP contribution is -2.15. The van der Waals surface area contributed by atoms with Crippen LogP contribution < -0.4 is 5.32 Å². The smallest absolute Gasteiger partial charge is 0.234 e. The molecule has 2 aromatic carbocycles. The van der Waals surface area contributed by atoms with Crippen LogP contribution in [0.2, 0.25) is 5.02 Å². The van der Waals surface area contributed by atoms with Crippen molar-refractivity contribution in [2.24, 2.45) is 0 Å². The van der Waals surface area contributed by atoms with Gasteiger partial charge < -0.3 is 5.32 Å². The topological polar surface area (TPSA) is 72.7 Å². The van der Waals surface area contributed by atoms with Gasteiger partial charge in [-0.25, -0.2) is 0 Å². The van der Waals surface area contributed by atoms with E-state index in [9.17, 15) is 4.79 Å². The van der Waals surface area contributed by atoms with Crippen molar-refractivity contribution in [2.45, 2.75) is 12.1 Å². The molecule has 0 aliphatic heterocycles. The van der Waals surface area contributed by atoms with Gasteiger partial charge in [0.15, 0.2) is 11.0 Å². The number of amides is 1. The summed E-state index contributed by atoms with van der Waals surface area (Å²) in [6.07, 6.45) is 3.43. The Morgan fingerprint density at radius 3 is 2.68 bits per heavy atom. The van der Waals surface area contributed by atoms with Gasteiger partial charge >= 0.3 is 0 Å². The van der Waals surface area contributed by atoms with Crippen LogP contribution in [0.3, 0.4) is 0 Å². The maximum Gasteiger partial charge on any atom is 0.234 e. The molecule has 0 fully saturated rings. The number of nitrogens with zero attached hydrogens (tertiary/aromatic N) is 4.